The standard InChI is InChI=1S/C21H20O7/c1-25-17-7-12(4-5-16(17)28-11-20(22)23)6-14-8-13-9-18(26-2)19(27-3)10-15(13)21(14)24/h4-7,9-10H,8,11H2,1-3H3,(H,22,23)/b14-6-. The molecule has 2 aromatic rings. The predicted molar refractivity (Wildman–Crippen MR) is 102 cm³/mol. The second-order valence-electron chi connectivity index (χ2n) is 6.13. The maximum atomic E-state index is 12.8. The average Bonchev–Trinajstić information content (AvgIpc) is 3.00. The van der Waals surface area contributed by atoms with Gasteiger partial charge in [-0.1, -0.05) is 6.07 Å². The van der Waals surface area contributed by atoms with Gasteiger partial charge in [-0.2, -0.15) is 0 Å². The first-order valence-electron chi connectivity index (χ1n) is 8.49. The molecule has 0 spiro atoms. The SMILES string of the molecule is COc1cc2c(cc1OC)C(=O)/C(=C\c1ccc(OCC(=O)O)c(OC)c1)C2. The van der Waals surface area contributed by atoms with Crippen molar-refractivity contribution in [2.24, 2.45) is 0 Å². The summed E-state index contributed by atoms with van der Waals surface area (Å²) < 4.78 is 21.0. The topological polar surface area (TPSA) is 91.3 Å². The zero-order valence-corrected chi connectivity index (χ0v) is 15.8. The monoisotopic (exact) mass is 384 g/mol. The van der Waals surface area contributed by atoms with E-state index in [4.69, 9.17) is 24.1 Å². The molecule has 1 aliphatic rings. The summed E-state index contributed by atoms with van der Waals surface area (Å²) in [5, 5.41) is 8.74. The molecule has 0 heterocycles. The summed E-state index contributed by atoms with van der Waals surface area (Å²) in [6, 6.07) is 8.57. The van der Waals surface area contributed by atoms with Gasteiger partial charge < -0.3 is 24.1 Å². The summed E-state index contributed by atoms with van der Waals surface area (Å²) in [7, 11) is 4.55. The van der Waals surface area contributed by atoms with E-state index in [2.05, 4.69) is 0 Å². The number of methoxy groups -OCH3 is 3. The van der Waals surface area contributed by atoms with Crippen molar-refractivity contribution in [3.63, 3.8) is 0 Å². The van der Waals surface area contributed by atoms with Crippen LogP contribution in [0.2, 0.25) is 0 Å². The molecule has 0 atom stereocenters. The molecule has 0 unspecified atom stereocenters. The van der Waals surface area contributed by atoms with Crippen molar-refractivity contribution in [2.75, 3.05) is 27.9 Å². The highest BCUT2D eigenvalue weighted by Crippen LogP contribution is 2.37. The van der Waals surface area contributed by atoms with Gasteiger partial charge in [0, 0.05) is 17.6 Å². The van der Waals surface area contributed by atoms with E-state index in [1.807, 2.05) is 6.07 Å². The summed E-state index contributed by atoms with van der Waals surface area (Å²) in [5.41, 5.74) is 2.85. The van der Waals surface area contributed by atoms with E-state index in [1.165, 1.54) is 14.2 Å². The second-order valence-corrected chi connectivity index (χ2v) is 6.13. The van der Waals surface area contributed by atoms with Gasteiger partial charge in [0.1, 0.15) is 0 Å². The van der Waals surface area contributed by atoms with Crippen LogP contribution in [0.4, 0.5) is 0 Å². The normalized spacial score (nSPS) is 14.0. The fraction of sp³-hybridized carbons (Fsp3) is 0.238. The Morgan fingerprint density at radius 2 is 1.64 bits per heavy atom. The number of carboxylic acids is 1. The smallest absolute Gasteiger partial charge is 0.341 e. The van der Waals surface area contributed by atoms with Crippen molar-refractivity contribution in [3.8, 4) is 23.0 Å². The summed E-state index contributed by atoms with van der Waals surface area (Å²) in [4.78, 5) is 23.5. The van der Waals surface area contributed by atoms with Gasteiger partial charge in [0.15, 0.2) is 35.4 Å². The van der Waals surface area contributed by atoms with E-state index in [0.29, 0.717) is 40.6 Å². The zero-order valence-electron chi connectivity index (χ0n) is 15.8. The van der Waals surface area contributed by atoms with Crippen LogP contribution in [0.25, 0.3) is 6.08 Å². The highest BCUT2D eigenvalue weighted by Gasteiger charge is 2.27. The van der Waals surface area contributed by atoms with Crippen LogP contribution in [0.15, 0.2) is 35.9 Å². The molecule has 0 radical (unpaired) electrons. The van der Waals surface area contributed by atoms with Crippen LogP contribution in [0, 0.1) is 0 Å². The largest absolute Gasteiger partial charge is 0.493 e. The van der Waals surface area contributed by atoms with E-state index >= 15 is 0 Å². The fourth-order valence-corrected chi connectivity index (χ4v) is 3.09. The van der Waals surface area contributed by atoms with Gasteiger partial charge in [0.25, 0.3) is 0 Å². The predicted octanol–water partition coefficient (Wildman–Crippen LogP) is 3.00. The molecule has 28 heavy (non-hydrogen) atoms. The molecule has 0 bridgehead atoms. The van der Waals surface area contributed by atoms with Crippen LogP contribution >= 0.6 is 0 Å². The van der Waals surface area contributed by atoms with Gasteiger partial charge in [0.05, 0.1) is 21.3 Å². The van der Waals surface area contributed by atoms with E-state index in [-0.39, 0.29) is 5.78 Å². The van der Waals surface area contributed by atoms with Crippen LogP contribution in [0.5, 0.6) is 23.0 Å². The molecule has 7 nitrogen and oxygen atoms in total. The summed E-state index contributed by atoms with van der Waals surface area (Å²) in [6.45, 7) is -0.464. The van der Waals surface area contributed by atoms with Crippen LogP contribution in [-0.2, 0) is 11.2 Å². The Kier molecular flexibility index (Phi) is 5.54. The molecular weight excluding hydrogens is 364 g/mol. The number of carboxylic acid groups (broad SMARTS) is 1. The number of carbonyl (C=O) groups excluding carboxylic acids is 1. The minimum atomic E-state index is -1.08. The summed E-state index contributed by atoms with van der Waals surface area (Å²) in [6.07, 6.45) is 2.26. The van der Waals surface area contributed by atoms with Crippen molar-refractivity contribution in [3.05, 3.63) is 52.6 Å². The summed E-state index contributed by atoms with van der Waals surface area (Å²) >= 11 is 0. The van der Waals surface area contributed by atoms with Gasteiger partial charge in [0.2, 0.25) is 0 Å². The lowest BCUT2D eigenvalue weighted by molar-refractivity contribution is -0.139. The lowest BCUT2D eigenvalue weighted by Crippen LogP contribution is -2.10. The number of hydrogen-bond acceptors (Lipinski definition) is 6. The van der Waals surface area contributed by atoms with E-state index in [0.717, 1.165) is 11.1 Å². The number of ether oxygens (including phenoxy) is 4. The fourth-order valence-electron chi connectivity index (χ4n) is 3.09. The molecule has 0 aliphatic heterocycles. The minimum absolute atomic E-state index is 0.0684. The second kappa shape index (κ2) is 8.04. The molecule has 3 rings (SSSR count). The number of Topliss-reactive ketones (excluding diaryl/α,β-unsaturated/α-hetero) is 1. The molecule has 1 N–H and O–H groups in total. The van der Waals surface area contributed by atoms with E-state index in [9.17, 15) is 9.59 Å². The zero-order chi connectivity index (χ0) is 20.3. The number of hydrogen-bond donors (Lipinski definition) is 1. The maximum absolute atomic E-state index is 12.8. The molecule has 0 amide bonds. The van der Waals surface area contributed by atoms with Crippen molar-refractivity contribution in [2.45, 2.75) is 6.42 Å². The van der Waals surface area contributed by atoms with Crippen molar-refractivity contribution >= 4 is 17.8 Å². The molecular formula is C21H20O7. The number of carbonyl (C=O) groups is 2. The molecule has 2 aromatic carbocycles. The third-order valence-electron chi connectivity index (χ3n) is 4.41. The van der Waals surface area contributed by atoms with E-state index < -0.39 is 12.6 Å². The van der Waals surface area contributed by atoms with Crippen molar-refractivity contribution < 1.29 is 33.6 Å². The third-order valence-corrected chi connectivity index (χ3v) is 4.41. The van der Waals surface area contributed by atoms with Crippen molar-refractivity contribution in [1.29, 1.82) is 0 Å². The molecule has 0 fully saturated rings. The van der Waals surface area contributed by atoms with Crippen LogP contribution in [0.1, 0.15) is 21.5 Å². The van der Waals surface area contributed by atoms with Crippen molar-refractivity contribution in [1.82, 2.24) is 0 Å². The van der Waals surface area contributed by atoms with Gasteiger partial charge in [-0.3, -0.25) is 4.79 Å². The van der Waals surface area contributed by atoms with Gasteiger partial charge in [-0.15, -0.1) is 0 Å². The Morgan fingerprint density at radius 3 is 2.29 bits per heavy atom. The third kappa shape index (κ3) is 3.78. The molecule has 7 heteroatoms. The molecule has 0 aromatic heterocycles. The Bertz CT molecular complexity index is 959. The number of aliphatic carboxylic acids is 1. The highest BCUT2D eigenvalue weighted by molar-refractivity contribution is 6.16. The highest BCUT2D eigenvalue weighted by atomic mass is 16.5. The Labute approximate surface area is 162 Å². The number of fused-ring (bicyclic) bond motifs is 1. The van der Waals surface area contributed by atoms with Gasteiger partial charge in [-0.05, 0) is 41.5 Å². The number of ketones is 1. The van der Waals surface area contributed by atoms with Crippen LogP contribution < -0.4 is 18.9 Å². The quantitative estimate of drug-likeness (QED) is 0.734. The molecule has 1 aliphatic carbocycles. The number of allylic oxidation sites excluding steroid dienone is 1. The van der Waals surface area contributed by atoms with E-state index in [1.54, 1.807) is 37.5 Å². The first-order chi connectivity index (χ1) is 13.5. The van der Waals surface area contributed by atoms with Crippen LogP contribution in [0.3, 0.4) is 0 Å². The van der Waals surface area contributed by atoms with Gasteiger partial charge in [-0.25, -0.2) is 4.79 Å². The molecule has 146 valence electrons. The Balaban J connectivity index is 1.89. The first-order valence-corrected chi connectivity index (χ1v) is 8.49. The Morgan fingerprint density at radius 1 is 1.00 bits per heavy atom. The molecule has 0 saturated carbocycles. The number of rotatable bonds is 7. The summed E-state index contributed by atoms with van der Waals surface area (Å²) in [5.74, 6) is 0.661. The van der Waals surface area contributed by atoms with Gasteiger partial charge >= 0.3 is 5.97 Å². The lowest BCUT2D eigenvalue weighted by Gasteiger charge is -2.10. The minimum Gasteiger partial charge on any atom is -0.493 e. The van der Waals surface area contributed by atoms with Crippen LogP contribution in [-0.4, -0.2) is 44.8 Å². The molecule has 0 saturated heterocycles. The average molecular weight is 384 g/mol. The number of benzene rings is 2. The lowest BCUT2D eigenvalue weighted by atomic mass is 10.1. The maximum Gasteiger partial charge on any atom is 0.341 e. The first kappa shape index (κ1) is 19.3. The Hall–Kier alpha value is -3.48.